The van der Waals surface area contributed by atoms with Crippen molar-refractivity contribution in [2.24, 2.45) is 5.73 Å². The van der Waals surface area contributed by atoms with Crippen LogP contribution in [0.1, 0.15) is 46.4 Å². The van der Waals surface area contributed by atoms with Crippen LogP contribution in [0.4, 0.5) is 0 Å². The van der Waals surface area contributed by atoms with E-state index in [4.69, 9.17) is 15.5 Å². The molecule has 1 aromatic carbocycles. The molecule has 0 spiro atoms. The summed E-state index contributed by atoms with van der Waals surface area (Å²) in [4.78, 5) is 29.6. The summed E-state index contributed by atoms with van der Waals surface area (Å²) in [6, 6.07) is 4.81. The van der Waals surface area contributed by atoms with Gasteiger partial charge in [-0.25, -0.2) is 9.78 Å². The Labute approximate surface area is 164 Å². The molecule has 1 aliphatic carbocycles. The van der Waals surface area contributed by atoms with Crippen molar-refractivity contribution < 1.29 is 19.7 Å². The number of esters is 1. The first-order valence-electron chi connectivity index (χ1n) is 9.49. The Balaban J connectivity index is 1.69. The first kappa shape index (κ1) is 16.7. The van der Waals surface area contributed by atoms with Gasteiger partial charge >= 0.3 is 5.97 Å². The number of ether oxygens (including phenoxy) is 1. The van der Waals surface area contributed by atoms with Gasteiger partial charge in [0.2, 0.25) is 0 Å². The van der Waals surface area contributed by atoms with Crippen LogP contribution in [0.3, 0.4) is 0 Å². The van der Waals surface area contributed by atoms with Crippen LogP contribution in [-0.2, 0) is 29.1 Å². The Morgan fingerprint density at radius 2 is 2.03 bits per heavy atom. The molecular formula is C21H17N3O5. The number of carbonyl (C=O) groups excluding carboxylic acids is 1. The Morgan fingerprint density at radius 1 is 1.21 bits per heavy atom. The number of phenolic OH excluding ortho intramolecular Hbond substituents is 1. The lowest BCUT2D eigenvalue weighted by Crippen LogP contribution is -2.32. The van der Waals surface area contributed by atoms with E-state index in [1.54, 1.807) is 22.8 Å². The van der Waals surface area contributed by atoms with Crippen molar-refractivity contribution in [3.8, 4) is 17.1 Å². The van der Waals surface area contributed by atoms with E-state index in [1.807, 2.05) is 0 Å². The number of pyridine rings is 2. The van der Waals surface area contributed by atoms with Gasteiger partial charge in [0, 0.05) is 28.6 Å². The fourth-order valence-corrected chi connectivity index (χ4v) is 4.93. The van der Waals surface area contributed by atoms with Crippen LogP contribution < -0.4 is 11.3 Å². The molecule has 0 fully saturated rings. The van der Waals surface area contributed by atoms with Gasteiger partial charge in [-0.15, -0.1) is 0 Å². The smallest absolute Gasteiger partial charge is 0.340 e. The number of phenols is 1. The van der Waals surface area contributed by atoms with Crippen molar-refractivity contribution in [3.63, 3.8) is 0 Å². The lowest BCUT2D eigenvalue weighted by atomic mass is 9.84. The highest BCUT2D eigenvalue weighted by Gasteiger charge is 2.36. The number of rotatable bonds is 0. The zero-order valence-electron chi connectivity index (χ0n) is 15.3. The summed E-state index contributed by atoms with van der Waals surface area (Å²) >= 11 is 0. The predicted octanol–water partition coefficient (Wildman–Crippen LogP) is 1.17. The van der Waals surface area contributed by atoms with Gasteiger partial charge in [-0.05, 0) is 36.1 Å². The molecule has 0 saturated carbocycles. The summed E-state index contributed by atoms with van der Waals surface area (Å²) in [5.41, 5.74) is 11.3. The van der Waals surface area contributed by atoms with Gasteiger partial charge in [-0.2, -0.15) is 0 Å². The molecule has 2 unspecified atom stereocenters. The lowest BCUT2D eigenvalue weighted by molar-refractivity contribution is -0.157. The number of nitrogens with two attached hydrogens (primary N) is 1. The van der Waals surface area contributed by atoms with Crippen molar-refractivity contribution in [1.82, 2.24) is 9.55 Å². The van der Waals surface area contributed by atoms with E-state index in [0.29, 0.717) is 23.4 Å². The van der Waals surface area contributed by atoms with E-state index in [2.05, 4.69) is 0 Å². The molecule has 4 heterocycles. The highest BCUT2D eigenvalue weighted by atomic mass is 16.5. The molecule has 8 nitrogen and oxygen atoms in total. The third-order valence-electron chi connectivity index (χ3n) is 6.26. The minimum Gasteiger partial charge on any atom is -0.508 e. The van der Waals surface area contributed by atoms with Crippen LogP contribution in [0, 0.1) is 0 Å². The minimum atomic E-state index is -1.49. The molecule has 6 rings (SSSR count). The lowest BCUT2D eigenvalue weighted by Gasteiger charge is -2.25. The maximum absolute atomic E-state index is 13.1. The van der Waals surface area contributed by atoms with Crippen molar-refractivity contribution >= 4 is 16.9 Å². The largest absolute Gasteiger partial charge is 0.508 e. The van der Waals surface area contributed by atoms with Gasteiger partial charge in [0.15, 0.2) is 6.10 Å². The summed E-state index contributed by atoms with van der Waals surface area (Å²) in [6.45, 7) is 0.174. The Morgan fingerprint density at radius 3 is 2.86 bits per heavy atom. The second kappa shape index (κ2) is 5.43. The van der Waals surface area contributed by atoms with Gasteiger partial charge in [0.05, 0.1) is 29.0 Å². The predicted molar refractivity (Wildman–Crippen MR) is 102 cm³/mol. The van der Waals surface area contributed by atoms with E-state index in [9.17, 15) is 19.8 Å². The molecule has 0 radical (unpaired) electrons. The summed E-state index contributed by atoms with van der Waals surface area (Å²) < 4.78 is 6.53. The number of nitrogens with zero attached hydrogens (tertiary/aromatic N) is 2. The fraction of sp³-hybridized carbons (Fsp3) is 0.286. The van der Waals surface area contributed by atoms with Crippen molar-refractivity contribution in [3.05, 3.63) is 56.4 Å². The number of aliphatic hydroxyl groups is 1. The number of aryl methyl sites for hydroxylation is 1. The second-order valence-electron chi connectivity index (χ2n) is 7.86. The zero-order valence-corrected chi connectivity index (χ0v) is 15.3. The van der Waals surface area contributed by atoms with Crippen LogP contribution >= 0.6 is 0 Å². The zero-order chi connectivity index (χ0) is 20.0. The van der Waals surface area contributed by atoms with Crippen molar-refractivity contribution in [2.45, 2.75) is 38.1 Å². The molecule has 4 N–H and O–H groups in total. The maximum Gasteiger partial charge on any atom is 0.340 e. The second-order valence-corrected chi connectivity index (χ2v) is 7.86. The van der Waals surface area contributed by atoms with Crippen molar-refractivity contribution in [1.29, 1.82) is 0 Å². The molecule has 2 aromatic heterocycles. The summed E-state index contributed by atoms with van der Waals surface area (Å²) in [7, 11) is 0. The Bertz CT molecular complexity index is 1330. The quantitative estimate of drug-likeness (QED) is 0.384. The topological polar surface area (TPSA) is 128 Å². The summed E-state index contributed by atoms with van der Waals surface area (Å²) in [6.07, 6.45) is 0.00934. The number of aromatic nitrogens is 2. The van der Waals surface area contributed by atoms with E-state index in [-0.39, 0.29) is 35.1 Å². The molecule has 146 valence electrons. The monoisotopic (exact) mass is 391 g/mol. The van der Waals surface area contributed by atoms with Gasteiger partial charge < -0.3 is 25.3 Å². The average molecular weight is 391 g/mol. The molecular weight excluding hydrogens is 374 g/mol. The van der Waals surface area contributed by atoms with E-state index < -0.39 is 12.1 Å². The Kier molecular flexibility index (Phi) is 3.13. The first-order chi connectivity index (χ1) is 13.9. The van der Waals surface area contributed by atoms with Crippen LogP contribution in [-0.4, -0.2) is 25.7 Å². The highest BCUT2D eigenvalue weighted by Crippen LogP contribution is 2.44. The molecule has 2 aliphatic heterocycles. The normalized spacial score (nSPS) is 21.5. The third-order valence-corrected chi connectivity index (χ3v) is 6.26. The number of hydrogen-bond donors (Lipinski definition) is 3. The standard InChI is InChI=1S/C21H17N3O5/c22-13-2-1-8-3-9(25)4-14-16(8)17(13)11-6-24-15(18(11)23-14)5-10-12(20(24)27)7-29-21(28)19(10)26/h3-5,13,19,25-26H,1-2,6-7,22H2. The number of fused-ring (bicyclic) bond motifs is 5. The number of benzene rings is 1. The number of cyclic esters (lactones) is 1. The van der Waals surface area contributed by atoms with Crippen LogP contribution in [0.15, 0.2) is 23.0 Å². The van der Waals surface area contributed by atoms with Crippen LogP contribution in [0.2, 0.25) is 0 Å². The van der Waals surface area contributed by atoms with Gasteiger partial charge in [-0.3, -0.25) is 4.79 Å². The Hall–Kier alpha value is -3.23. The fourth-order valence-electron chi connectivity index (χ4n) is 4.93. The number of carbonyl (C=O) groups is 1. The van der Waals surface area contributed by atoms with E-state index in [1.165, 1.54) is 0 Å². The summed E-state index contributed by atoms with van der Waals surface area (Å²) in [5.74, 6) is -0.626. The van der Waals surface area contributed by atoms with Crippen molar-refractivity contribution in [2.75, 3.05) is 0 Å². The molecule has 2 atom stereocenters. The maximum atomic E-state index is 13.1. The molecule has 0 saturated heterocycles. The van der Waals surface area contributed by atoms with Gasteiger partial charge in [0.25, 0.3) is 5.56 Å². The van der Waals surface area contributed by atoms with Crippen LogP contribution in [0.5, 0.6) is 5.75 Å². The molecule has 3 aliphatic rings. The first-order valence-corrected chi connectivity index (χ1v) is 9.49. The average Bonchev–Trinajstić information content (AvgIpc) is 3.06. The molecule has 3 aromatic rings. The molecule has 0 bridgehead atoms. The highest BCUT2D eigenvalue weighted by molar-refractivity contribution is 5.93. The van der Waals surface area contributed by atoms with Gasteiger partial charge in [0.1, 0.15) is 12.4 Å². The van der Waals surface area contributed by atoms with Crippen LogP contribution in [0.25, 0.3) is 22.3 Å². The SMILES string of the molecule is NC1CCc2cc(O)cc3nc4c(c1c23)Cn1c-4cc2c(c1=O)COC(=O)C2O. The van der Waals surface area contributed by atoms with Gasteiger partial charge in [-0.1, -0.05) is 0 Å². The molecule has 29 heavy (non-hydrogen) atoms. The third kappa shape index (κ3) is 2.07. The number of hydrogen-bond acceptors (Lipinski definition) is 7. The van der Waals surface area contributed by atoms with E-state index >= 15 is 0 Å². The molecule has 8 heteroatoms. The minimum absolute atomic E-state index is 0.139. The molecule has 0 amide bonds. The number of aliphatic hydroxyl groups excluding tert-OH is 1. The summed E-state index contributed by atoms with van der Waals surface area (Å²) in [5, 5.41) is 21.3. The number of aromatic hydroxyl groups is 1. The van der Waals surface area contributed by atoms with E-state index in [0.717, 1.165) is 34.9 Å².